The predicted octanol–water partition coefficient (Wildman–Crippen LogP) is 3.89. The molecule has 2 unspecified atom stereocenters. The van der Waals surface area contributed by atoms with E-state index in [-0.39, 0.29) is 6.29 Å². The second-order valence-electron chi connectivity index (χ2n) is 5.83. The zero-order valence-electron chi connectivity index (χ0n) is 10.2. The Bertz CT molecular complexity index is 279. The first-order chi connectivity index (χ1) is 8.07. The molecule has 0 amide bonds. The van der Waals surface area contributed by atoms with Crippen LogP contribution < -0.4 is 0 Å². The molecule has 0 spiro atoms. The van der Waals surface area contributed by atoms with Crippen molar-refractivity contribution in [2.45, 2.75) is 68.3 Å². The van der Waals surface area contributed by atoms with E-state index in [1.165, 1.54) is 19.3 Å². The number of ether oxygens (including phenoxy) is 2. The molecule has 2 nitrogen and oxygen atoms in total. The molecule has 1 heterocycles. The minimum absolute atomic E-state index is 0.193. The van der Waals surface area contributed by atoms with E-state index < -0.39 is 4.33 Å². The summed E-state index contributed by atoms with van der Waals surface area (Å²) in [6.45, 7) is 2.09. The van der Waals surface area contributed by atoms with E-state index >= 15 is 0 Å². The third kappa shape index (κ3) is 2.47. The molecule has 0 radical (unpaired) electrons. The fourth-order valence-corrected chi connectivity index (χ4v) is 4.40. The lowest BCUT2D eigenvalue weighted by molar-refractivity contribution is -0.269. The maximum atomic E-state index is 6.28. The summed E-state index contributed by atoms with van der Waals surface area (Å²) in [6, 6.07) is 0. The van der Waals surface area contributed by atoms with Crippen molar-refractivity contribution < 1.29 is 9.47 Å². The Labute approximate surface area is 113 Å². The van der Waals surface area contributed by atoms with Crippen LogP contribution in [-0.2, 0) is 9.47 Å². The smallest absolute Gasteiger partial charge is 0.161 e. The summed E-state index contributed by atoms with van der Waals surface area (Å²) >= 11 is 12.6. The highest BCUT2D eigenvalue weighted by molar-refractivity contribution is 6.48. The maximum absolute atomic E-state index is 6.28. The molecular weight excluding hydrogens is 259 g/mol. The minimum atomic E-state index is -0.700. The van der Waals surface area contributed by atoms with Crippen molar-refractivity contribution in [3.05, 3.63) is 0 Å². The lowest BCUT2D eigenvalue weighted by atomic mass is 9.93. The van der Waals surface area contributed by atoms with E-state index in [0.717, 1.165) is 18.8 Å². The molecule has 3 aliphatic rings. The van der Waals surface area contributed by atoms with E-state index in [0.29, 0.717) is 24.5 Å². The Morgan fingerprint density at radius 3 is 2.29 bits per heavy atom. The second-order valence-corrected chi connectivity index (χ2v) is 7.47. The standard InChI is InChI=1S/C13H20Cl2O2/c1-2-3-13(14,15)7-12-16-10-5-8-4-9(10)11(6-8)17-12/h8-12H,2-7H2,1H3. The number of halogens is 2. The third-order valence-electron chi connectivity index (χ3n) is 4.43. The van der Waals surface area contributed by atoms with Gasteiger partial charge in [-0.25, -0.2) is 0 Å². The highest BCUT2D eigenvalue weighted by atomic mass is 35.5. The molecule has 2 atom stereocenters. The average Bonchev–Trinajstić information content (AvgIpc) is 2.73. The first-order valence-corrected chi connectivity index (χ1v) is 7.52. The monoisotopic (exact) mass is 278 g/mol. The fraction of sp³-hybridized carbons (Fsp3) is 1.00. The predicted molar refractivity (Wildman–Crippen MR) is 68.3 cm³/mol. The third-order valence-corrected chi connectivity index (χ3v) is 5.11. The molecule has 4 heteroatoms. The summed E-state index contributed by atoms with van der Waals surface area (Å²) in [4.78, 5) is 0. The summed E-state index contributed by atoms with van der Waals surface area (Å²) in [7, 11) is 0. The van der Waals surface area contributed by atoms with Gasteiger partial charge in [-0.2, -0.15) is 0 Å². The van der Waals surface area contributed by atoms with Crippen LogP contribution in [0.15, 0.2) is 0 Å². The first-order valence-electron chi connectivity index (χ1n) is 6.76. The molecule has 3 fully saturated rings. The van der Waals surface area contributed by atoms with Gasteiger partial charge in [-0.05, 0) is 31.6 Å². The Morgan fingerprint density at radius 2 is 1.76 bits per heavy atom. The molecule has 0 aromatic heterocycles. The van der Waals surface area contributed by atoms with Gasteiger partial charge in [0, 0.05) is 12.3 Å². The van der Waals surface area contributed by atoms with Gasteiger partial charge in [0.1, 0.15) is 4.33 Å². The molecule has 98 valence electrons. The van der Waals surface area contributed by atoms with Crippen molar-refractivity contribution in [1.29, 1.82) is 0 Å². The average molecular weight is 279 g/mol. The summed E-state index contributed by atoms with van der Waals surface area (Å²) in [5, 5.41) is 0. The second kappa shape index (κ2) is 4.56. The van der Waals surface area contributed by atoms with Crippen LogP contribution >= 0.6 is 23.2 Å². The van der Waals surface area contributed by atoms with Gasteiger partial charge in [-0.3, -0.25) is 0 Å². The van der Waals surface area contributed by atoms with E-state index in [9.17, 15) is 0 Å². The number of rotatable bonds is 4. The van der Waals surface area contributed by atoms with E-state index in [4.69, 9.17) is 32.7 Å². The summed E-state index contributed by atoms with van der Waals surface area (Å²) in [5.74, 6) is 1.48. The minimum Gasteiger partial charge on any atom is -0.349 e. The zero-order valence-corrected chi connectivity index (χ0v) is 11.7. The van der Waals surface area contributed by atoms with Gasteiger partial charge in [0.15, 0.2) is 6.29 Å². The molecule has 0 aromatic carbocycles. The number of fused-ring (bicyclic) bond motifs is 1. The fourth-order valence-electron chi connectivity index (χ4n) is 3.77. The Morgan fingerprint density at radius 1 is 1.12 bits per heavy atom. The number of hydrogen-bond donors (Lipinski definition) is 0. The highest BCUT2D eigenvalue weighted by Crippen LogP contribution is 2.51. The van der Waals surface area contributed by atoms with Gasteiger partial charge in [0.05, 0.1) is 12.2 Å². The molecule has 3 rings (SSSR count). The van der Waals surface area contributed by atoms with Crippen molar-refractivity contribution >= 4 is 23.2 Å². The lowest BCUT2D eigenvalue weighted by Gasteiger charge is -2.41. The first kappa shape index (κ1) is 12.5. The quantitative estimate of drug-likeness (QED) is 0.727. The van der Waals surface area contributed by atoms with E-state index in [1.54, 1.807) is 0 Å². The van der Waals surface area contributed by atoms with Crippen LogP contribution in [0, 0.1) is 11.8 Å². The molecule has 0 aromatic rings. The summed E-state index contributed by atoms with van der Waals surface area (Å²) in [5.41, 5.74) is 0. The molecule has 17 heavy (non-hydrogen) atoms. The van der Waals surface area contributed by atoms with Crippen LogP contribution in [0.3, 0.4) is 0 Å². The molecule has 2 saturated carbocycles. The van der Waals surface area contributed by atoms with Crippen LogP contribution in [0.1, 0.15) is 45.4 Å². The molecule has 1 aliphatic heterocycles. The summed E-state index contributed by atoms with van der Waals surface area (Å²) in [6.07, 6.45) is 6.71. The Kier molecular flexibility index (Phi) is 3.36. The van der Waals surface area contributed by atoms with Crippen molar-refractivity contribution in [2.24, 2.45) is 11.8 Å². The van der Waals surface area contributed by atoms with Crippen molar-refractivity contribution in [2.75, 3.05) is 0 Å². The number of hydrogen-bond acceptors (Lipinski definition) is 2. The Hall–Kier alpha value is 0.500. The molecule has 2 aliphatic carbocycles. The van der Waals surface area contributed by atoms with Crippen LogP contribution in [0.4, 0.5) is 0 Å². The van der Waals surface area contributed by atoms with Gasteiger partial charge in [-0.1, -0.05) is 13.3 Å². The molecule has 0 N–H and O–H groups in total. The van der Waals surface area contributed by atoms with Gasteiger partial charge >= 0.3 is 0 Å². The normalized spacial score (nSPS) is 44.3. The zero-order chi connectivity index (χ0) is 12.0. The van der Waals surface area contributed by atoms with Gasteiger partial charge in [0.2, 0.25) is 0 Å². The van der Waals surface area contributed by atoms with Crippen molar-refractivity contribution in [1.82, 2.24) is 0 Å². The van der Waals surface area contributed by atoms with E-state index in [2.05, 4.69) is 6.92 Å². The van der Waals surface area contributed by atoms with Crippen molar-refractivity contribution in [3.8, 4) is 0 Å². The van der Waals surface area contributed by atoms with Gasteiger partial charge in [0.25, 0.3) is 0 Å². The van der Waals surface area contributed by atoms with Crippen LogP contribution in [0.2, 0.25) is 0 Å². The molecular formula is C13H20Cl2O2. The Balaban J connectivity index is 1.59. The summed E-state index contributed by atoms with van der Waals surface area (Å²) < 4.78 is 11.3. The van der Waals surface area contributed by atoms with Crippen molar-refractivity contribution in [3.63, 3.8) is 0 Å². The van der Waals surface area contributed by atoms with Crippen LogP contribution in [0.25, 0.3) is 0 Å². The SMILES string of the molecule is CCCC(Cl)(Cl)CC1OC2CC3CC(O1)C2C3. The molecule has 2 bridgehead atoms. The lowest BCUT2D eigenvalue weighted by Crippen LogP contribution is -2.46. The largest absolute Gasteiger partial charge is 0.349 e. The topological polar surface area (TPSA) is 18.5 Å². The van der Waals surface area contributed by atoms with Gasteiger partial charge in [-0.15, -0.1) is 23.2 Å². The van der Waals surface area contributed by atoms with E-state index in [1.807, 2.05) is 0 Å². The van der Waals surface area contributed by atoms with Crippen LogP contribution in [0.5, 0.6) is 0 Å². The molecule has 1 saturated heterocycles. The van der Waals surface area contributed by atoms with Crippen LogP contribution in [-0.4, -0.2) is 22.8 Å². The highest BCUT2D eigenvalue weighted by Gasteiger charge is 2.52. The van der Waals surface area contributed by atoms with Gasteiger partial charge < -0.3 is 9.47 Å². The maximum Gasteiger partial charge on any atom is 0.161 e. The number of alkyl halides is 2.